The van der Waals surface area contributed by atoms with Crippen LogP contribution in [0, 0.1) is 10.8 Å². The Kier molecular flexibility index (Phi) is 6.40. The van der Waals surface area contributed by atoms with Gasteiger partial charge >= 0.3 is 6.20 Å². The van der Waals surface area contributed by atoms with Crippen LogP contribution in [0.4, 0.5) is 0 Å². The second-order valence-electron chi connectivity index (χ2n) is 4.49. The van der Waals surface area contributed by atoms with Gasteiger partial charge in [-0.15, -0.1) is 0 Å². The quantitative estimate of drug-likeness (QED) is 0.407. The number of aliphatic hydroxyl groups is 1. The molecule has 16 heavy (non-hydrogen) atoms. The number of hydrogen-bond acceptors (Lipinski definition) is 3. The second kappa shape index (κ2) is 7.00. The van der Waals surface area contributed by atoms with Crippen molar-refractivity contribution in [2.75, 3.05) is 0 Å². The molecule has 4 heteroatoms. The molecule has 0 aromatic heterocycles. The Morgan fingerprint density at radius 2 is 2.00 bits per heavy atom. The fourth-order valence-electron chi connectivity index (χ4n) is 1.38. The summed E-state index contributed by atoms with van der Waals surface area (Å²) >= 11 is 0. The van der Waals surface area contributed by atoms with Crippen molar-refractivity contribution in [1.29, 1.82) is 5.39 Å². The molecule has 0 aliphatic carbocycles. The smallest absolute Gasteiger partial charge is 0.388 e. The zero-order valence-electron chi connectivity index (χ0n) is 10.4. The van der Waals surface area contributed by atoms with E-state index in [1.165, 1.54) is 0 Å². The van der Waals surface area contributed by atoms with Gasteiger partial charge < -0.3 is 5.11 Å². The van der Waals surface area contributed by atoms with Crippen LogP contribution in [0.3, 0.4) is 0 Å². The van der Waals surface area contributed by atoms with Crippen LogP contribution in [0.5, 0.6) is 0 Å². The fraction of sp³-hybridized carbons (Fsp3) is 0.750. The molecule has 4 nitrogen and oxygen atoms in total. The maximum atomic E-state index is 11.8. The standard InChI is InChI=1S/C12H20N2O2/c1-4-5-6-7-8-10(15)12(2,3)11(16)9-14-13/h9H,4-8H2,1-3H3/p+1/b11-9-. The van der Waals surface area contributed by atoms with Gasteiger partial charge in [0.25, 0.3) is 0 Å². The lowest BCUT2D eigenvalue weighted by Gasteiger charge is -2.19. The first-order valence-electron chi connectivity index (χ1n) is 5.74. The van der Waals surface area contributed by atoms with Gasteiger partial charge in [-0.1, -0.05) is 26.2 Å². The van der Waals surface area contributed by atoms with Crippen LogP contribution < -0.4 is 0 Å². The number of rotatable bonds is 7. The van der Waals surface area contributed by atoms with Crippen LogP contribution >= 0.6 is 0 Å². The van der Waals surface area contributed by atoms with E-state index in [2.05, 4.69) is 11.9 Å². The van der Waals surface area contributed by atoms with Gasteiger partial charge in [-0.3, -0.25) is 4.79 Å². The molecule has 0 bridgehead atoms. The van der Waals surface area contributed by atoms with E-state index < -0.39 is 5.41 Å². The lowest BCUT2D eigenvalue weighted by Crippen LogP contribution is -2.26. The van der Waals surface area contributed by atoms with E-state index in [1.54, 1.807) is 13.8 Å². The highest BCUT2D eigenvalue weighted by Crippen LogP contribution is 2.27. The van der Waals surface area contributed by atoms with Gasteiger partial charge in [0.1, 0.15) is 5.78 Å². The highest BCUT2D eigenvalue weighted by atomic mass is 16.3. The monoisotopic (exact) mass is 225 g/mol. The molecular weight excluding hydrogens is 204 g/mol. The van der Waals surface area contributed by atoms with E-state index in [-0.39, 0.29) is 11.5 Å². The first-order valence-corrected chi connectivity index (χ1v) is 5.74. The molecule has 0 radical (unpaired) electrons. The summed E-state index contributed by atoms with van der Waals surface area (Å²) in [5.74, 6) is -0.225. The third kappa shape index (κ3) is 4.43. The first kappa shape index (κ1) is 14.6. The number of ketones is 1. The summed E-state index contributed by atoms with van der Waals surface area (Å²) in [5.41, 5.74) is -0.960. The molecule has 0 spiro atoms. The third-order valence-electron chi connectivity index (χ3n) is 2.77. The predicted molar refractivity (Wildman–Crippen MR) is 63.3 cm³/mol. The summed E-state index contributed by atoms with van der Waals surface area (Å²) in [7, 11) is 0. The molecule has 0 aromatic carbocycles. The van der Waals surface area contributed by atoms with E-state index in [0.717, 1.165) is 31.9 Å². The van der Waals surface area contributed by atoms with Crippen molar-refractivity contribution in [3.63, 3.8) is 0 Å². The van der Waals surface area contributed by atoms with Gasteiger partial charge in [0, 0.05) is 6.42 Å². The van der Waals surface area contributed by atoms with Gasteiger partial charge in [-0.25, -0.2) is 0 Å². The molecule has 0 saturated heterocycles. The maximum Gasteiger partial charge on any atom is 0.388 e. The van der Waals surface area contributed by atoms with Crippen LogP contribution in [0.1, 0.15) is 52.9 Å². The van der Waals surface area contributed by atoms with E-state index in [0.29, 0.717) is 6.42 Å². The number of carbonyl (C=O) groups excluding carboxylic acids is 1. The number of aliphatic hydroxyl groups excluding tert-OH is 1. The summed E-state index contributed by atoms with van der Waals surface area (Å²) in [4.78, 5) is 14.5. The molecular formula is C12H21N2O2+. The number of diazo groups is 1. The van der Waals surface area contributed by atoms with Gasteiger partial charge in [0.05, 0.1) is 5.41 Å². The molecule has 0 saturated carbocycles. The second-order valence-corrected chi connectivity index (χ2v) is 4.49. The highest BCUT2D eigenvalue weighted by molar-refractivity contribution is 5.86. The summed E-state index contributed by atoms with van der Waals surface area (Å²) in [6, 6.07) is 0. The highest BCUT2D eigenvalue weighted by Gasteiger charge is 2.33. The molecule has 0 aliphatic rings. The van der Waals surface area contributed by atoms with Crippen molar-refractivity contribution in [3.8, 4) is 0 Å². The Bertz CT molecular complexity index is 301. The first-order chi connectivity index (χ1) is 7.46. The molecule has 90 valence electrons. The molecule has 0 aliphatic heterocycles. The van der Waals surface area contributed by atoms with Gasteiger partial charge in [-0.2, -0.15) is 0 Å². The Balaban J connectivity index is 4.26. The summed E-state index contributed by atoms with van der Waals surface area (Å²) in [6.07, 6.45) is 5.50. The van der Waals surface area contributed by atoms with Crippen LogP contribution in [-0.4, -0.2) is 10.9 Å². The number of allylic oxidation sites excluding steroid dienone is 1. The minimum Gasteiger partial charge on any atom is -0.505 e. The van der Waals surface area contributed by atoms with E-state index in [1.807, 2.05) is 0 Å². The van der Waals surface area contributed by atoms with Crippen LogP contribution in [-0.2, 0) is 4.79 Å². The molecule has 0 rings (SSSR count). The molecule has 0 unspecified atom stereocenters. The average molecular weight is 225 g/mol. The summed E-state index contributed by atoms with van der Waals surface area (Å²) in [5, 5.41) is 17.8. The SMILES string of the molecule is CCCCCCC(=O)C(C)(C)/C(O)=C/[N+]#N. The van der Waals surface area contributed by atoms with Gasteiger partial charge in [0.2, 0.25) is 5.39 Å². The topological polar surface area (TPSA) is 65.4 Å². The van der Waals surface area contributed by atoms with E-state index in [4.69, 9.17) is 5.39 Å². The normalized spacial score (nSPS) is 12.2. The molecule has 0 fully saturated rings. The molecule has 1 N–H and O–H groups in total. The Hall–Kier alpha value is -1.37. The number of nitrogens with zero attached hydrogens (tertiary/aromatic N) is 2. The zero-order chi connectivity index (χ0) is 12.6. The Morgan fingerprint density at radius 3 is 2.50 bits per heavy atom. The van der Waals surface area contributed by atoms with E-state index in [9.17, 15) is 9.90 Å². The van der Waals surface area contributed by atoms with Crippen LogP contribution in [0.25, 0.3) is 4.98 Å². The maximum absolute atomic E-state index is 11.8. The van der Waals surface area contributed by atoms with Crippen molar-refractivity contribution in [3.05, 3.63) is 16.9 Å². The number of carbonyl (C=O) groups is 1. The van der Waals surface area contributed by atoms with Gasteiger partial charge in [-0.05, 0) is 20.3 Å². The zero-order valence-corrected chi connectivity index (χ0v) is 10.4. The van der Waals surface area contributed by atoms with Crippen molar-refractivity contribution in [1.82, 2.24) is 0 Å². The van der Waals surface area contributed by atoms with Crippen molar-refractivity contribution in [2.45, 2.75) is 52.9 Å². The van der Waals surface area contributed by atoms with Crippen molar-refractivity contribution >= 4 is 5.78 Å². The fourth-order valence-corrected chi connectivity index (χ4v) is 1.38. The minimum atomic E-state index is -0.960. The Labute approximate surface area is 97.0 Å². The Morgan fingerprint density at radius 1 is 1.38 bits per heavy atom. The van der Waals surface area contributed by atoms with Crippen molar-refractivity contribution < 1.29 is 9.90 Å². The minimum absolute atomic E-state index is 0.0268. The number of hydrogen-bond donors (Lipinski definition) is 1. The van der Waals surface area contributed by atoms with Gasteiger partial charge in [0.15, 0.2) is 10.7 Å². The predicted octanol–water partition coefficient (Wildman–Crippen LogP) is 3.80. The molecule has 0 amide bonds. The third-order valence-corrected chi connectivity index (χ3v) is 2.77. The van der Waals surface area contributed by atoms with Crippen LogP contribution in [0.2, 0.25) is 0 Å². The summed E-state index contributed by atoms with van der Waals surface area (Å²) in [6.45, 7) is 5.38. The summed E-state index contributed by atoms with van der Waals surface area (Å²) < 4.78 is 0. The molecule has 0 aromatic rings. The lowest BCUT2D eigenvalue weighted by atomic mass is 9.83. The molecule has 0 heterocycles. The van der Waals surface area contributed by atoms with E-state index >= 15 is 0 Å². The average Bonchev–Trinajstić information content (AvgIpc) is 2.24. The number of Topliss-reactive ketones (excluding diaryl/α,β-unsaturated/α-hetero) is 1. The number of unbranched alkanes of at least 4 members (excludes halogenated alkanes) is 3. The largest absolute Gasteiger partial charge is 0.505 e. The van der Waals surface area contributed by atoms with Crippen LogP contribution in [0.15, 0.2) is 12.0 Å². The molecule has 0 atom stereocenters. The lowest BCUT2D eigenvalue weighted by molar-refractivity contribution is -0.126. The van der Waals surface area contributed by atoms with Crippen molar-refractivity contribution in [2.24, 2.45) is 5.41 Å².